The van der Waals surface area contributed by atoms with Gasteiger partial charge in [0.1, 0.15) is 5.82 Å². The van der Waals surface area contributed by atoms with Gasteiger partial charge in [0.05, 0.1) is 6.54 Å². The molecule has 2 rings (SSSR count). The molecule has 2 aromatic heterocycles. The normalized spacial score (nSPS) is 10.4. The number of hydrogen-bond acceptors (Lipinski definition) is 4. The summed E-state index contributed by atoms with van der Waals surface area (Å²) in [5.74, 6) is 2.37. The third-order valence-electron chi connectivity index (χ3n) is 1.87. The van der Waals surface area contributed by atoms with E-state index in [9.17, 15) is 0 Å². The fourth-order valence-electron chi connectivity index (χ4n) is 1.16. The molecule has 0 saturated carbocycles. The summed E-state index contributed by atoms with van der Waals surface area (Å²) in [6.07, 6.45) is 3.62. The molecule has 0 aliphatic heterocycles. The van der Waals surface area contributed by atoms with Gasteiger partial charge in [0.25, 0.3) is 0 Å². The standard InChI is InChI=1S/C8H12N6/c1-6-11-7(13-12-6)5-10-8-9-3-4-14(8)2/h3-4H,5H2,1-2H3,(H,9,10)(H,11,12,13). The van der Waals surface area contributed by atoms with Crippen LogP contribution >= 0.6 is 0 Å². The molecule has 0 radical (unpaired) electrons. The molecule has 2 N–H and O–H groups in total. The van der Waals surface area contributed by atoms with E-state index >= 15 is 0 Å². The Labute approximate surface area is 81.4 Å². The van der Waals surface area contributed by atoms with Crippen LogP contribution in [0, 0.1) is 6.92 Å². The number of anilines is 1. The zero-order valence-electron chi connectivity index (χ0n) is 8.15. The Kier molecular flexibility index (Phi) is 2.18. The van der Waals surface area contributed by atoms with Crippen LogP contribution in [0.5, 0.6) is 0 Å². The second-order valence-corrected chi connectivity index (χ2v) is 3.05. The first-order chi connectivity index (χ1) is 6.75. The Morgan fingerprint density at radius 2 is 2.43 bits per heavy atom. The van der Waals surface area contributed by atoms with Crippen molar-refractivity contribution in [2.45, 2.75) is 13.5 Å². The van der Waals surface area contributed by atoms with Crippen LogP contribution in [0.2, 0.25) is 0 Å². The average molecular weight is 192 g/mol. The Morgan fingerprint density at radius 1 is 1.57 bits per heavy atom. The summed E-state index contributed by atoms with van der Waals surface area (Å²) >= 11 is 0. The van der Waals surface area contributed by atoms with E-state index in [1.165, 1.54) is 0 Å². The molecule has 0 aliphatic rings. The van der Waals surface area contributed by atoms with E-state index in [-0.39, 0.29) is 0 Å². The largest absolute Gasteiger partial charge is 0.348 e. The smallest absolute Gasteiger partial charge is 0.202 e. The molecule has 0 aromatic carbocycles. The molecular weight excluding hydrogens is 180 g/mol. The lowest BCUT2D eigenvalue weighted by molar-refractivity contribution is 0.877. The van der Waals surface area contributed by atoms with E-state index in [0.29, 0.717) is 6.54 Å². The van der Waals surface area contributed by atoms with Crippen LogP contribution in [0.15, 0.2) is 12.4 Å². The monoisotopic (exact) mass is 192 g/mol. The lowest BCUT2D eigenvalue weighted by Crippen LogP contribution is -2.05. The predicted octanol–water partition coefficient (Wildman–Crippen LogP) is 0.459. The summed E-state index contributed by atoms with van der Waals surface area (Å²) in [6.45, 7) is 2.45. The number of hydrogen-bond donors (Lipinski definition) is 2. The Bertz CT molecular complexity index is 415. The van der Waals surface area contributed by atoms with Gasteiger partial charge in [-0.15, -0.1) is 0 Å². The first kappa shape index (κ1) is 8.74. The third-order valence-corrected chi connectivity index (χ3v) is 1.87. The summed E-state index contributed by atoms with van der Waals surface area (Å²) in [5.41, 5.74) is 0. The second kappa shape index (κ2) is 3.49. The molecule has 0 amide bonds. The molecule has 6 nitrogen and oxygen atoms in total. The molecule has 0 fully saturated rings. The highest BCUT2D eigenvalue weighted by atomic mass is 15.2. The fraction of sp³-hybridized carbons (Fsp3) is 0.375. The average Bonchev–Trinajstić information content (AvgIpc) is 2.72. The van der Waals surface area contributed by atoms with Crippen LogP contribution in [-0.2, 0) is 13.6 Å². The molecule has 0 bridgehead atoms. The zero-order chi connectivity index (χ0) is 9.97. The van der Waals surface area contributed by atoms with E-state index in [4.69, 9.17) is 0 Å². The molecule has 0 atom stereocenters. The van der Waals surface area contributed by atoms with Crippen molar-refractivity contribution in [1.82, 2.24) is 24.7 Å². The first-order valence-electron chi connectivity index (χ1n) is 4.35. The molecule has 14 heavy (non-hydrogen) atoms. The number of nitrogens with zero attached hydrogens (tertiary/aromatic N) is 4. The van der Waals surface area contributed by atoms with Crippen LogP contribution in [-0.4, -0.2) is 24.7 Å². The first-order valence-corrected chi connectivity index (χ1v) is 4.35. The minimum atomic E-state index is 0.579. The summed E-state index contributed by atoms with van der Waals surface area (Å²) in [7, 11) is 1.93. The van der Waals surface area contributed by atoms with Crippen LogP contribution in [0.3, 0.4) is 0 Å². The molecule has 74 valence electrons. The fourth-order valence-corrected chi connectivity index (χ4v) is 1.16. The number of imidazole rings is 1. The van der Waals surface area contributed by atoms with Gasteiger partial charge in [0.2, 0.25) is 5.95 Å². The maximum absolute atomic E-state index is 4.17. The highest BCUT2D eigenvalue weighted by Crippen LogP contribution is 2.02. The van der Waals surface area contributed by atoms with Gasteiger partial charge in [-0.3, -0.25) is 5.10 Å². The quantitative estimate of drug-likeness (QED) is 0.741. The number of rotatable bonds is 3. The number of aromatic nitrogens is 5. The van der Waals surface area contributed by atoms with Gasteiger partial charge in [-0.05, 0) is 6.92 Å². The number of aryl methyl sites for hydroxylation is 2. The van der Waals surface area contributed by atoms with Crippen LogP contribution < -0.4 is 5.32 Å². The lowest BCUT2D eigenvalue weighted by Gasteiger charge is -2.01. The minimum Gasteiger partial charge on any atom is -0.348 e. The van der Waals surface area contributed by atoms with Crippen molar-refractivity contribution in [1.29, 1.82) is 0 Å². The Morgan fingerprint density at radius 3 is 3.00 bits per heavy atom. The molecule has 0 unspecified atom stereocenters. The third kappa shape index (κ3) is 1.73. The van der Waals surface area contributed by atoms with Gasteiger partial charge >= 0.3 is 0 Å². The predicted molar refractivity (Wildman–Crippen MR) is 51.7 cm³/mol. The maximum Gasteiger partial charge on any atom is 0.202 e. The molecule has 6 heteroatoms. The van der Waals surface area contributed by atoms with Gasteiger partial charge in [0.15, 0.2) is 5.82 Å². The van der Waals surface area contributed by atoms with Crippen molar-refractivity contribution >= 4 is 5.95 Å². The summed E-state index contributed by atoms with van der Waals surface area (Å²) in [6, 6.07) is 0. The van der Waals surface area contributed by atoms with E-state index < -0.39 is 0 Å². The molecular formula is C8H12N6. The van der Waals surface area contributed by atoms with E-state index in [2.05, 4.69) is 25.5 Å². The number of aromatic amines is 1. The van der Waals surface area contributed by atoms with Gasteiger partial charge in [-0.25, -0.2) is 9.97 Å². The Hall–Kier alpha value is -1.85. The SMILES string of the molecule is Cc1nc(CNc2nccn2C)n[nH]1. The number of nitrogens with one attached hydrogen (secondary N) is 2. The van der Waals surface area contributed by atoms with Crippen molar-refractivity contribution in [3.63, 3.8) is 0 Å². The van der Waals surface area contributed by atoms with Gasteiger partial charge < -0.3 is 9.88 Å². The van der Waals surface area contributed by atoms with Gasteiger partial charge in [-0.2, -0.15) is 5.10 Å². The molecule has 2 aromatic rings. The molecule has 0 aliphatic carbocycles. The van der Waals surface area contributed by atoms with Crippen molar-refractivity contribution in [2.24, 2.45) is 7.05 Å². The molecule has 0 saturated heterocycles. The minimum absolute atomic E-state index is 0.579. The van der Waals surface area contributed by atoms with Crippen molar-refractivity contribution in [2.75, 3.05) is 5.32 Å². The van der Waals surface area contributed by atoms with Gasteiger partial charge in [-0.1, -0.05) is 0 Å². The maximum atomic E-state index is 4.17. The lowest BCUT2D eigenvalue weighted by atomic mass is 10.6. The van der Waals surface area contributed by atoms with Crippen LogP contribution in [0.25, 0.3) is 0 Å². The van der Waals surface area contributed by atoms with Crippen molar-refractivity contribution in [3.05, 3.63) is 24.0 Å². The van der Waals surface area contributed by atoms with Crippen molar-refractivity contribution < 1.29 is 0 Å². The molecule has 2 heterocycles. The van der Waals surface area contributed by atoms with Crippen molar-refractivity contribution in [3.8, 4) is 0 Å². The summed E-state index contributed by atoms with van der Waals surface area (Å²) in [5, 5.41) is 9.92. The topological polar surface area (TPSA) is 71.4 Å². The highest BCUT2D eigenvalue weighted by Gasteiger charge is 2.01. The van der Waals surface area contributed by atoms with Crippen LogP contribution in [0.1, 0.15) is 11.6 Å². The van der Waals surface area contributed by atoms with E-state index in [0.717, 1.165) is 17.6 Å². The number of H-pyrrole nitrogens is 1. The zero-order valence-corrected chi connectivity index (χ0v) is 8.15. The Balaban J connectivity index is 1.98. The summed E-state index contributed by atoms with van der Waals surface area (Å²) < 4.78 is 1.90. The molecule has 0 spiro atoms. The van der Waals surface area contributed by atoms with Crippen LogP contribution in [0.4, 0.5) is 5.95 Å². The highest BCUT2D eigenvalue weighted by molar-refractivity contribution is 5.25. The summed E-state index contributed by atoms with van der Waals surface area (Å²) in [4.78, 5) is 8.30. The van der Waals surface area contributed by atoms with Gasteiger partial charge in [0, 0.05) is 19.4 Å². The van der Waals surface area contributed by atoms with E-state index in [1.807, 2.05) is 24.7 Å². The van der Waals surface area contributed by atoms with E-state index in [1.54, 1.807) is 6.20 Å². The second-order valence-electron chi connectivity index (χ2n) is 3.05.